The molecule has 0 aliphatic carbocycles. The summed E-state index contributed by atoms with van der Waals surface area (Å²) in [5, 5.41) is 0. The first-order chi connectivity index (χ1) is 9.08. The van der Waals surface area contributed by atoms with Crippen molar-refractivity contribution >= 4 is 11.7 Å². The molecule has 2 N–H and O–H groups in total. The number of unbranched alkanes of at least 4 members (excludes halogenated alkanes) is 3. The van der Waals surface area contributed by atoms with Crippen LogP contribution in [0, 0.1) is 0 Å². The van der Waals surface area contributed by atoms with Gasteiger partial charge in [-0.2, -0.15) is 0 Å². The first kappa shape index (κ1) is 15.6. The Balaban J connectivity index is 2.45. The van der Waals surface area contributed by atoms with Crippen LogP contribution in [0.5, 0.6) is 0 Å². The van der Waals surface area contributed by atoms with E-state index in [9.17, 15) is 4.79 Å². The van der Waals surface area contributed by atoms with Crippen molar-refractivity contribution in [3.8, 4) is 0 Å². The summed E-state index contributed by atoms with van der Waals surface area (Å²) in [6.45, 7) is 6.83. The summed E-state index contributed by atoms with van der Waals surface area (Å²) in [5.41, 5.74) is 6.85. The smallest absolute Gasteiger partial charge is 0.355 e. The lowest BCUT2D eigenvalue weighted by Crippen LogP contribution is -2.17. The first-order valence-electron chi connectivity index (χ1n) is 7.25. The van der Waals surface area contributed by atoms with Crippen LogP contribution in [0.4, 0.5) is 5.69 Å². The molecular formula is C15H26N2O2. The van der Waals surface area contributed by atoms with Crippen LogP contribution in [0.3, 0.4) is 0 Å². The predicted molar refractivity (Wildman–Crippen MR) is 78.2 cm³/mol. The Bertz CT molecular complexity index is 399. The van der Waals surface area contributed by atoms with Crippen molar-refractivity contribution in [2.75, 3.05) is 5.73 Å². The zero-order valence-corrected chi connectivity index (χ0v) is 12.3. The zero-order valence-electron chi connectivity index (χ0n) is 12.3. The van der Waals surface area contributed by atoms with Crippen molar-refractivity contribution < 1.29 is 9.53 Å². The zero-order chi connectivity index (χ0) is 14.3. The lowest BCUT2D eigenvalue weighted by Gasteiger charge is -2.13. The second kappa shape index (κ2) is 7.87. The van der Waals surface area contributed by atoms with E-state index in [-0.39, 0.29) is 12.1 Å². The number of nitrogens with zero attached hydrogens (tertiary/aromatic N) is 1. The number of ether oxygens (including phenoxy) is 1. The molecule has 1 atom stereocenters. The Morgan fingerprint density at radius 3 is 2.74 bits per heavy atom. The normalized spacial score (nSPS) is 12.4. The lowest BCUT2D eigenvalue weighted by atomic mass is 10.1. The van der Waals surface area contributed by atoms with Gasteiger partial charge in [-0.3, -0.25) is 0 Å². The molecule has 0 radical (unpaired) electrons. The van der Waals surface area contributed by atoms with Gasteiger partial charge in [0.15, 0.2) is 0 Å². The number of aryl methyl sites for hydroxylation is 1. The Morgan fingerprint density at radius 1 is 1.37 bits per heavy atom. The largest absolute Gasteiger partial charge is 0.458 e. The van der Waals surface area contributed by atoms with Gasteiger partial charge in [0.2, 0.25) is 0 Å². The van der Waals surface area contributed by atoms with Crippen LogP contribution in [0.15, 0.2) is 12.3 Å². The number of aromatic nitrogens is 1. The molecule has 0 fully saturated rings. The third-order valence-electron chi connectivity index (χ3n) is 3.24. The Labute approximate surface area is 115 Å². The summed E-state index contributed by atoms with van der Waals surface area (Å²) < 4.78 is 7.28. The quantitative estimate of drug-likeness (QED) is 0.577. The van der Waals surface area contributed by atoms with Crippen molar-refractivity contribution in [3.63, 3.8) is 0 Å². The number of rotatable bonds is 8. The lowest BCUT2D eigenvalue weighted by molar-refractivity contribution is 0.0307. The highest BCUT2D eigenvalue weighted by atomic mass is 16.5. The van der Waals surface area contributed by atoms with Crippen molar-refractivity contribution in [2.45, 2.75) is 65.5 Å². The molecule has 1 rings (SSSR count). The highest BCUT2D eigenvalue weighted by Crippen LogP contribution is 2.14. The minimum absolute atomic E-state index is 0.0363. The third-order valence-corrected chi connectivity index (χ3v) is 3.24. The summed E-state index contributed by atoms with van der Waals surface area (Å²) in [6.07, 6.45) is 7.44. The van der Waals surface area contributed by atoms with E-state index in [0.29, 0.717) is 17.9 Å². The third kappa shape index (κ3) is 4.97. The van der Waals surface area contributed by atoms with E-state index in [1.54, 1.807) is 12.3 Å². The Hall–Kier alpha value is -1.45. The number of carbonyl (C=O) groups is 1. The molecule has 4 nitrogen and oxygen atoms in total. The van der Waals surface area contributed by atoms with Crippen LogP contribution in [0.25, 0.3) is 0 Å². The first-order valence-corrected chi connectivity index (χ1v) is 7.25. The van der Waals surface area contributed by atoms with Gasteiger partial charge in [0.25, 0.3) is 0 Å². The number of hydrogen-bond acceptors (Lipinski definition) is 3. The van der Waals surface area contributed by atoms with Crippen LogP contribution in [-0.2, 0) is 11.3 Å². The minimum Gasteiger partial charge on any atom is -0.458 e. The van der Waals surface area contributed by atoms with Crippen molar-refractivity contribution in [3.05, 3.63) is 18.0 Å². The predicted octanol–water partition coefficient (Wildman–Crippen LogP) is 3.61. The summed E-state index contributed by atoms with van der Waals surface area (Å²) in [4.78, 5) is 12.0. The number of hydrogen-bond donors (Lipinski definition) is 1. The number of carbonyl (C=O) groups excluding carboxylic acids is 1. The van der Waals surface area contributed by atoms with Crippen LogP contribution < -0.4 is 5.73 Å². The van der Waals surface area contributed by atoms with E-state index >= 15 is 0 Å². The molecule has 1 heterocycles. The van der Waals surface area contributed by atoms with Gasteiger partial charge in [-0.15, -0.1) is 0 Å². The Kier molecular flexibility index (Phi) is 6.46. The van der Waals surface area contributed by atoms with Gasteiger partial charge < -0.3 is 15.0 Å². The molecule has 108 valence electrons. The molecular weight excluding hydrogens is 240 g/mol. The maximum Gasteiger partial charge on any atom is 0.355 e. The SMILES string of the molecule is CCCCCCC(C)OC(=O)c1cc(N)cn1CC. The van der Waals surface area contributed by atoms with E-state index < -0.39 is 0 Å². The van der Waals surface area contributed by atoms with Crippen LogP contribution in [-0.4, -0.2) is 16.6 Å². The maximum atomic E-state index is 12.0. The maximum absolute atomic E-state index is 12.0. The molecule has 1 unspecified atom stereocenters. The number of esters is 1. The standard InChI is InChI=1S/C15H26N2O2/c1-4-6-7-8-9-12(3)19-15(18)14-10-13(16)11-17(14)5-2/h10-12H,4-9,16H2,1-3H3. The van der Waals surface area contributed by atoms with Gasteiger partial charge in [-0.25, -0.2) is 4.79 Å². The van der Waals surface area contributed by atoms with Crippen LogP contribution in [0.1, 0.15) is 63.4 Å². The van der Waals surface area contributed by atoms with E-state index in [4.69, 9.17) is 10.5 Å². The van der Waals surface area contributed by atoms with Gasteiger partial charge in [0, 0.05) is 12.7 Å². The summed E-state index contributed by atoms with van der Waals surface area (Å²) in [5.74, 6) is -0.276. The summed E-state index contributed by atoms with van der Waals surface area (Å²) in [7, 11) is 0. The molecule has 0 spiro atoms. The molecule has 0 bridgehead atoms. The minimum atomic E-state index is -0.276. The molecule has 19 heavy (non-hydrogen) atoms. The highest BCUT2D eigenvalue weighted by molar-refractivity contribution is 5.89. The number of anilines is 1. The van der Waals surface area contributed by atoms with Crippen molar-refractivity contribution in [1.29, 1.82) is 0 Å². The van der Waals surface area contributed by atoms with E-state index in [1.165, 1.54) is 19.3 Å². The van der Waals surface area contributed by atoms with Gasteiger partial charge >= 0.3 is 5.97 Å². The number of nitrogens with two attached hydrogens (primary N) is 1. The van der Waals surface area contributed by atoms with Gasteiger partial charge in [0.05, 0.1) is 11.8 Å². The van der Waals surface area contributed by atoms with Crippen LogP contribution >= 0.6 is 0 Å². The van der Waals surface area contributed by atoms with E-state index in [0.717, 1.165) is 12.8 Å². The second-order valence-corrected chi connectivity index (χ2v) is 5.01. The van der Waals surface area contributed by atoms with Gasteiger partial charge in [-0.05, 0) is 32.8 Å². The molecule has 0 saturated carbocycles. The fourth-order valence-corrected chi connectivity index (χ4v) is 2.13. The van der Waals surface area contributed by atoms with Gasteiger partial charge in [-0.1, -0.05) is 26.2 Å². The molecule has 4 heteroatoms. The molecule has 0 aliphatic heterocycles. The average Bonchev–Trinajstić information content (AvgIpc) is 2.76. The fourth-order valence-electron chi connectivity index (χ4n) is 2.13. The van der Waals surface area contributed by atoms with E-state index in [1.807, 2.05) is 18.4 Å². The Morgan fingerprint density at radius 2 is 2.11 bits per heavy atom. The molecule has 1 aromatic heterocycles. The molecule has 0 aliphatic rings. The summed E-state index contributed by atoms with van der Waals surface area (Å²) in [6, 6.07) is 1.68. The molecule has 0 aromatic carbocycles. The molecule has 0 saturated heterocycles. The average molecular weight is 266 g/mol. The van der Waals surface area contributed by atoms with Gasteiger partial charge in [0.1, 0.15) is 5.69 Å². The van der Waals surface area contributed by atoms with Crippen molar-refractivity contribution in [1.82, 2.24) is 4.57 Å². The highest BCUT2D eigenvalue weighted by Gasteiger charge is 2.16. The van der Waals surface area contributed by atoms with E-state index in [2.05, 4.69) is 6.92 Å². The topological polar surface area (TPSA) is 57.2 Å². The van der Waals surface area contributed by atoms with Crippen molar-refractivity contribution in [2.24, 2.45) is 0 Å². The molecule has 1 aromatic rings. The summed E-state index contributed by atoms with van der Waals surface area (Å²) >= 11 is 0. The van der Waals surface area contributed by atoms with Crippen LogP contribution in [0.2, 0.25) is 0 Å². The molecule has 0 amide bonds. The number of nitrogen functional groups attached to an aromatic ring is 1. The fraction of sp³-hybridized carbons (Fsp3) is 0.667. The second-order valence-electron chi connectivity index (χ2n) is 5.01. The monoisotopic (exact) mass is 266 g/mol.